The van der Waals surface area contributed by atoms with Gasteiger partial charge in [0, 0.05) is 10.6 Å². The molecule has 0 aliphatic carbocycles. The minimum Gasteiger partial charge on any atom is -0.495 e. The fourth-order valence-corrected chi connectivity index (χ4v) is 2.17. The number of hydrogen-bond acceptors (Lipinski definition) is 2. The predicted molar refractivity (Wildman–Crippen MR) is 56.7 cm³/mol. The first-order valence-electron chi connectivity index (χ1n) is 4.05. The highest BCUT2D eigenvalue weighted by Gasteiger charge is 2.41. The molecule has 2 nitrogen and oxygen atoms in total. The minimum absolute atomic E-state index is 0.0750. The first-order valence-corrected chi connectivity index (χ1v) is 5.22. The number of ether oxygens (including phenoxy) is 1. The summed E-state index contributed by atoms with van der Waals surface area (Å²) in [6.45, 7) is 0. The van der Waals surface area contributed by atoms with Crippen LogP contribution in [-0.2, 0) is 0 Å². The molecule has 1 atom stereocenters. The molecule has 0 saturated carbocycles. The average Bonchev–Trinajstić information content (AvgIpc) is 2.14. The van der Waals surface area contributed by atoms with Crippen LogP contribution in [0.3, 0.4) is 0 Å². The van der Waals surface area contributed by atoms with E-state index >= 15 is 0 Å². The molecule has 0 saturated heterocycles. The third-order valence-corrected chi connectivity index (χ3v) is 2.65. The second-order valence-electron chi connectivity index (χ2n) is 2.95. The van der Waals surface area contributed by atoms with Crippen molar-refractivity contribution in [3.63, 3.8) is 0 Å². The molecule has 1 N–H and O–H groups in total. The molecule has 16 heavy (non-hydrogen) atoms. The monoisotopic (exact) mass is 318 g/mol. The van der Waals surface area contributed by atoms with E-state index in [1.807, 2.05) is 0 Å². The van der Waals surface area contributed by atoms with Crippen LogP contribution in [0.4, 0.5) is 13.2 Å². The molecule has 0 spiro atoms. The van der Waals surface area contributed by atoms with E-state index in [9.17, 15) is 13.2 Å². The summed E-state index contributed by atoms with van der Waals surface area (Å²) in [5, 5.41) is 9.21. The Kier molecular flexibility index (Phi) is 4.09. The Morgan fingerprint density at radius 1 is 1.44 bits per heavy atom. The van der Waals surface area contributed by atoms with E-state index in [0.717, 1.165) is 6.07 Å². The summed E-state index contributed by atoms with van der Waals surface area (Å²) in [5.41, 5.74) is -0.422. The maximum Gasteiger partial charge on any atom is 0.418 e. The zero-order valence-electron chi connectivity index (χ0n) is 7.98. The zero-order valence-corrected chi connectivity index (χ0v) is 10.3. The Labute approximate surface area is 103 Å². The largest absolute Gasteiger partial charge is 0.495 e. The van der Waals surface area contributed by atoms with E-state index in [0.29, 0.717) is 0 Å². The first-order chi connectivity index (χ1) is 7.27. The molecule has 1 rings (SSSR count). The van der Waals surface area contributed by atoms with Gasteiger partial charge in [0.15, 0.2) is 6.10 Å². The van der Waals surface area contributed by atoms with Gasteiger partial charge in [-0.3, -0.25) is 0 Å². The highest BCUT2D eigenvalue weighted by molar-refractivity contribution is 9.10. The SMILES string of the molecule is COc1c(Br)cc(Cl)cc1C(O)C(F)(F)F. The molecule has 0 aliphatic heterocycles. The third-order valence-electron chi connectivity index (χ3n) is 1.85. The van der Waals surface area contributed by atoms with Gasteiger partial charge in [0.25, 0.3) is 0 Å². The lowest BCUT2D eigenvalue weighted by atomic mass is 10.1. The molecule has 1 aromatic carbocycles. The number of alkyl halides is 3. The van der Waals surface area contributed by atoms with Crippen LogP contribution >= 0.6 is 27.5 Å². The van der Waals surface area contributed by atoms with Crippen molar-refractivity contribution in [2.75, 3.05) is 7.11 Å². The summed E-state index contributed by atoms with van der Waals surface area (Å²) in [6, 6.07) is 2.40. The number of rotatable bonds is 2. The Morgan fingerprint density at radius 3 is 2.44 bits per heavy atom. The second-order valence-corrected chi connectivity index (χ2v) is 4.25. The first kappa shape index (κ1) is 13.6. The quantitative estimate of drug-likeness (QED) is 0.900. The fourth-order valence-electron chi connectivity index (χ4n) is 1.18. The molecule has 0 aliphatic rings. The van der Waals surface area contributed by atoms with Gasteiger partial charge >= 0.3 is 6.18 Å². The van der Waals surface area contributed by atoms with Gasteiger partial charge in [-0.05, 0) is 28.1 Å². The van der Waals surface area contributed by atoms with Crippen LogP contribution in [0.2, 0.25) is 5.02 Å². The van der Waals surface area contributed by atoms with Crippen molar-refractivity contribution in [2.24, 2.45) is 0 Å². The van der Waals surface area contributed by atoms with E-state index in [2.05, 4.69) is 15.9 Å². The zero-order chi connectivity index (χ0) is 12.5. The number of aliphatic hydroxyl groups excluding tert-OH is 1. The van der Waals surface area contributed by atoms with Crippen LogP contribution in [0.5, 0.6) is 5.75 Å². The van der Waals surface area contributed by atoms with Gasteiger partial charge in [-0.25, -0.2) is 0 Å². The van der Waals surface area contributed by atoms with E-state index < -0.39 is 17.8 Å². The summed E-state index contributed by atoms with van der Waals surface area (Å²) in [4.78, 5) is 0. The van der Waals surface area contributed by atoms with Crippen molar-refractivity contribution in [2.45, 2.75) is 12.3 Å². The maximum atomic E-state index is 12.4. The molecular formula is C9H7BrClF3O2. The summed E-state index contributed by atoms with van der Waals surface area (Å²) in [7, 11) is 1.21. The van der Waals surface area contributed by atoms with Gasteiger partial charge in [-0.1, -0.05) is 11.6 Å². The summed E-state index contributed by atoms with van der Waals surface area (Å²) in [5.74, 6) is -0.0887. The van der Waals surface area contributed by atoms with Gasteiger partial charge in [-0.15, -0.1) is 0 Å². The maximum absolute atomic E-state index is 12.4. The summed E-state index contributed by atoms with van der Waals surface area (Å²) < 4.78 is 42.1. The van der Waals surface area contributed by atoms with E-state index in [1.54, 1.807) is 0 Å². The molecule has 0 amide bonds. The van der Waals surface area contributed by atoms with Gasteiger partial charge in [0.2, 0.25) is 0 Å². The number of methoxy groups -OCH3 is 1. The number of benzene rings is 1. The standard InChI is InChI=1S/C9H7BrClF3O2/c1-16-7-5(8(15)9(12,13)14)2-4(11)3-6(7)10/h2-3,8,15H,1H3. The second kappa shape index (κ2) is 4.81. The molecule has 0 radical (unpaired) electrons. The van der Waals surface area contributed by atoms with Gasteiger partial charge in [0.1, 0.15) is 5.75 Å². The topological polar surface area (TPSA) is 29.5 Å². The minimum atomic E-state index is -4.77. The Bertz CT molecular complexity index is 395. The van der Waals surface area contributed by atoms with Crippen LogP contribution in [0.25, 0.3) is 0 Å². The lowest BCUT2D eigenvalue weighted by Crippen LogP contribution is -2.20. The van der Waals surface area contributed by atoms with Crippen LogP contribution in [0, 0.1) is 0 Å². The van der Waals surface area contributed by atoms with Crippen molar-refractivity contribution >= 4 is 27.5 Å². The van der Waals surface area contributed by atoms with Crippen molar-refractivity contribution in [1.29, 1.82) is 0 Å². The number of hydrogen-bond donors (Lipinski definition) is 1. The predicted octanol–water partition coefficient (Wildman–Crippen LogP) is 3.71. The third kappa shape index (κ3) is 2.81. The van der Waals surface area contributed by atoms with Crippen molar-refractivity contribution in [3.8, 4) is 5.75 Å². The highest BCUT2D eigenvalue weighted by atomic mass is 79.9. The summed E-state index contributed by atoms with van der Waals surface area (Å²) in [6.07, 6.45) is -7.39. The molecular weight excluding hydrogens is 312 g/mol. The fraction of sp³-hybridized carbons (Fsp3) is 0.333. The number of aliphatic hydroxyl groups is 1. The molecule has 90 valence electrons. The average molecular weight is 320 g/mol. The van der Waals surface area contributed by atoms with E-state index in [-0.39, 0.29) is 15.2 Å². The molecule has 0 bridgehead atoms. The number of halogens is 5. The normalized spacial score (nSPS) is 13.7. The van der Waals surface area contributed by atoms with Crippen LogP contribution < -0.4 is 4.74 Å². The molecule has 0 fully saturated rings. The Morgan fingerprint density at radius 2 is 2.00 bits per heavy atom. The van der Waals surface area contributed by atoms with Crippen molar-refractivity contribution in [3.05, 3.63) is 27.2 Å². The van der Waals surface area contributed by atoms with Crippen LogP contribution in [-0.4, -0.2) is 18.4 Å². The van der Waals surface area contributed by atoms with Gasteiger partial charge in [0.05, 0.1) is 11.6 Å². The van der Waals surface area contributed by atoms with Gasteiger partial charge < -0.3 is 9.84 Å². The van der Waals surface area contributed by atoms with Crippen molar-refractivity contribution in [1.82, 2.24) is 0 Å². The molecule has 0 aromatic heterocycles. The van der Waals surface area contributed by atoms with Crippen molar-refractivity contribution < 1.29 is 23.0 Å². The summed E-state index contributed by atoms with van der Waals surface area (Å²) >= 11 is 8.61. The van der Waals surface area contributed by atoms with Crippen LogP contribution in [0.1, 0.15) is 11.7 Å². The van der Waals surface area contributed by atoms with E-state index in [1.165, 1.54) is 13.2 Å². The van der Waals surface area contributed by atoms with Crippen LogP contribution in [0.15, 0.2) is 16.6 Å². The highest BCUT2D eigenvalue weighted by Crippen LogP contribution is 2.41. The Balaban J connectivity index is 3.31. The molecule has 0 heterocycles. The molecule has 7 heteroatoms. The van der Waals surface area contributed by atoms with E-state index in [4.69, 9.17) is 21.4 Å². The lowest BCUT2D eigenvalue weighted by Gasteiger charge is -2.18. The molecule has 1 unspecified atom stereocenters. The Hall–Kier alpha value is -0.460. The lowest BCUT2D eigenvalue weighted by molar-refractivity contribution is -0.207. The molecule has 1 aromatic rings. The smallest absolute Gasteiger partial charge is 0.418 e. The van der Waals surface area contributed by atoms with Gasteiger partial charge in [-0.2, -0.15) is 13.2 Å².